The van der Waals surface area contributed by atoms with Crippen molar-refractivity contribution in [3.63, 3.8) is 0 Å². The van der Waals surface area contributed by atoms with Crippen molar-refractivity contribution in [2.24, 2.45) is 5.92 Å². The van der Waals surface area contributed by atoms with E-state index in [-0.39, 0.29) is 0 Å². The van der Waals surface area contributed by atoms with Crippen LogP contribution in [0.5, 0.6) is 0 Å². The highest BCUT2D eigenvalue weighted by molar-refractivity contribution is 5.49. The van der Waals surface area contributed by atoms with Gasteiger partial charge in [-0.1, -0.05) is 46.0 Å². The summed E-state index contributed by atoms with van der Waals surface area (Å²) in [4.78, 5) is 10.2. The van der Waals surface area contributed by atoms with Gasteiger partial charge in [-0.05, 0) is 12.3 Å². The van der Waals surface area contributed by atoms with Gasteiger partial charge in [-0.3, -0.25) is 0 Å². The molecule has 1 atom stereocenters. The van der Waals surface area contributed by atoms with Crippen molar-refractivity contribution in [1.29, 1.82) is 0 Å². The highest BCUT2D eigenvalue weighted by Gasteiger charge is 2.00. The Morgan fingerprint density at radius 2 is 1.80 bits per heavy atom. The average Bonchev–Trinajstić information content (AvgIpc) is 2.22. The molecule has 2 heteroatoms. The minimum absolute atomic E-state index is 0.377. The number of aldehydes is 1. The van der Waals surface area contributed by atoms with Crippen molar-refractivity contribution >= 4 is 6.29 Å². The summed E-state index contributed by atoms with van der Waals surface area (Å²) in [5.41, 5.74) is 0. The molecule has 0 aromatic carbocycles. The number of hydrogen-bond donors (Lipinski definition) is 0. The molecule has 0 aromatic rings. The first-order chi connectivity index (χ1) is 7.31. The van der Waals surface area contributed by atoms with E-state index >= 15 is 0 Å². The van der Waals surface area contributed by atoms with Gasteiger partial charge < -0.3 is 9.53 Å². The molecular formula is C13H26O2. The Bertz CT molecular complexity index is 134. The number of rotatable bonds is 11. The van der Waals surface area contributed by atoms with Crippen LogP contribution in [0.3, 0.4) is 0 Å². The third-order valence-electron chi connectivity index (χ3n) is 2.54. The van der Waals surface area contributed by atoms with Crippen molar-refractivity contribution < 1.29 is 9.53 Å². The van der Waals surface area contributed by atoms with Gasteiger partial charge in [0.15, 0.2) is 0 Å². The van der Waals surface area contributed by atoms with Crippen molar-refractivity contribution in [2.75, 3.05) is 13.2 Å². The van der Waals surface area contributed by atoms with Gasteiger partial charge in [-0.15, -0.1) is 0 Å². The predicted octanol–water partition coefficient (Wildman–Crippen LogP) is 3.59. The van der Waals surface area contributed by atoms with Gasteiger partial charge in [0.05, 0.1) is 0 Å². The van der Waals surface area contributed by atoms with Crippen LogP contribution in [0.25, 0.3) is 0 Å². The van der Waals surface area contributed by atoms with Crippen molar-refractivity contribution in [3.05, 3.63) is 0 Å². The molecule has 0 amide bonds. The molecule has 0 radical (unpaired) electrons. The maximum absolute atomic E-state index is 10.2. The van der Waals surface area contributed by atoms with E-state index in [2.05, 4.69) is 13.8 Å². The normalized spacial score (nSPS) is 12.7. The van der Waals surface area contributed by atoms with Crippen LogP contribution in [0.2, 0.25) is 0 Å². The number of unbranched alkanes of at least 4 members (excludes halogenated alkanes) is 5. The molecule has 0 fully saturated rings. The van der Waals surface area contributed by atoms with Crippen LogP contribution in [0.15, 0.2) is 0 Å². The molecule has 0 aliphatic heterocycles. The minimum atomic E-state index is 0.377. The Kier molecular flexibility index (Phi) is 11.4. The van der Waals surface area contributed by atoms with E-state index in [1.807, 2.05) is 0 Å². The smallest absolute Gasteiger partial charge is 0.120 e. The molecule has 0 saturated carbocycles. The Labute approximate surface area is 94.4 Å². The van der Waals surface area contributed by atoms with Gasteiger partial charge in [-0.25, -0.2) is 0 Å². The standard InChI is InChI=1S/C13H26O2/c1-3-4-5-6-7-8-11-15-12-13(2)9-10-14/h10,13H,3-9,11-12H2,1-2H3. The summed E-state index contributed by atoms with van der Waals surface area (Å²) in [5, 5.41) is 0. The van der Waals surface area contributed by atoms with Crippen molar-refractivity contribution in [2.45, 2.75) is 58.8 Å². The van der Waals surface area contributed by atoms with Gasteiger partial charge in [0.25, 0.3) is 0 Å². The van der Waals surface area contributed by atoms with Gasteiger partial charge in [0, 0.05) is 19.6 Å². The van der Waals surface area contributed by atoms with E-state index in [9.17, 15) is 4.79 Å². The van der Waals surface area contributed by atoms with Crippen LogP contribution in [0.1, 0.15) is 58.8 Å². The van der Waals surface area contributed by atoms with E-state index in [4.69, 9.17) is 4.74 Å². The molecule has 0 aliphatic rings. The van der Waals surface area contributed by atoms with Gasteiger partial charge in [0.2, 0.25) is 0 Å². The zero-order valence-corrected chi connectivity index (χ0v) is 10.3. The van der Waals surface area contributed by atoms with Gasteiger partial charge >= 0.3 is 0 Å². The molecule has 15 heavy (non-hydrogen) atoms. The summed E-state index contributed by atoms with van der Waals surface area (Å²) in [7, 11) is 0. The third kappa shape index (κ3) is 11.6. The Morgan fingerprint density at radius 1 is 1.13 bits per heavy atom. The monoisotopic (exact) mass is 214 g/mol. The van der Waals surface area contributed by atoms with Crippen LogP contribution in [-0.4, -0.2) is 19.5 Å². The summed E-state index contributed by atoms with van der Waals surface area (Å²) in [6.07, 6.45) is 9.39. The SMILES string of the molecule is CCCCCCCCOCC(C)CC=O. The fourth-order valence-corrected chi connectivity index (χ4v) is 1.50. The van der Waals surface area contributed by atoms with E-state index in [0.29, 0.717) is 12.3 Å². The van der Waals surface area contributed by atoms with E-state index in [0.717, 1.165) is 25.9 Å². The second kappa shape index (κ2) is 11.7. The predicted molar refractivity (Wildman–Crippen MR) is 64.0 cm³/mol. The summed E-state index contributed by atoms with van der Waals surface area (Å²) < 4.78 is 5.50. The molecule has 0 rings (SSSR count). The fourth-order valence-electron chi connectivity index (χ4n) is 1.50. The molecule has 0 aliphatic carbocycles. The van der Waals surface area contributed by atoms with Crippen LogP contribution in [-0.2, 0) is 9.53 Å². The summed E-state index contributed by atoms with van der Waals surface area (Å²) in [6.45, 7) is 5.87. The van der Waals surface area contributed by atoms with E-state index in [1.165, 1.54) is 32.1 Å². The van der Waals surface area contributed by atoms with Crippen molar-refractivity contribution in [1.82, 2.24) is 0 Å². The molecule has 1 unspecified atom stereocenters. The van der Waals surface area contributed by atoms with Gasteiger partial charge in [0.1, 0.15) is 6.29 Å². The minimum Gasteiger partial charge on any atom is -0.381 e. The van der Waals surface area contributed by atoms with Crippen molar-refractivity contribution in [3.8, 4) is 0 Å². The van der Waals surface area contributed by atoms with Crippen LogP contribution in [0.4, 0.5) is 0 Å². The Balaban J connectivity index is 3.01. The topological polar surface area (TPSA) is 26.3 Å². The first-order valence-electron chi connectivity index (χ1n) is 6.32. The lowest BCUT2D eigenvalue weighted by molar-refractivity contribution is -0.108. The summed E-state index contributed by atoms with van der Waals surface area (Å²) in [5.74, 6) is 0.377. The Hall–Kier alpha value is -0.370. The number of carbonyl (C=O) groups is 1. The molecule has 0 aromatic heterocycles. The molecule has 0 bridgehead atoms. The number of hydrogen-bond acceptors (Lipinski definition) is 2. The molecule has 0 heterocycles. The molecule has 0 spiro atoms. The van der Waals surface area contributed by atoms with E-state index < -0.39 is 0 Å². The maximum Gasteiger partial charge on any atom is 0.120 e. The summed E-state index contributed by atoms with van der Waals surface area (Å²) >= 11 is 0. The zero-order chi connectivity index (χ0) is 11.4. The molecular weight excluding hydrogens is 188 g/mol. The second-order valence-electron chi connectivity index (χ2n) is 4.35. The number of ether oxygens (including phenoxy) is 1. The molecule has 2 nitrogen and oxygen atoms in total. The summed E-state index contributed by atoms with van der Waals surface area (Å²) in [6, 6.07) is 0. The van der Waals surface area contributed by atoms with Crippen LogP contribution >= 0.6 is 0 Å². The first kappa shape index (κ1) is 14.6. The lowest BCUT2D eigenvalue weighted by atomic mass is 10.1. The zero-order valence-electron chi connectivity index (χ0n) is 10.3. The quantitative estimate of drug-likeness (QED) is 0.388. The van der Waals surface area contributed by atoms with Gasteiger partial charge in [-0.2, -0.15) is 0 Å². The average molecular weight is 214 g/mol. The highest BCUT2D eigenvalue weighted by Crippen LogP contribution is 2.06. The lowest BCUT2D eigenvalue weighted by Gasteiger charge is -2.08. The number of carbonyl (C=O) groups excluding carboxylic acids is 1. The largest absolute Gasteiger partial charge is 0.381 e. The third-order valence-corrected chi connectivity index (χ3v) is 2.54. The van der Waals surface area contributed by atoms with E-state index in [1.54, 1.807) is 0 Å². The molecule has 90 valence electrons. The maximum atomic E-state index is 10.2. The highest BCUT2D eigenvalue weighted by atomic mass is 16.5. The lowest BCUT2D eigenvalue weighted by Crippen LogP contribution is -2.07. The first-order valence-corrected chi connectivity index (χ1v) is 6.32. The van der Waals surface area contributed by atoms with Crippen LogP contribution < -0.4 is 0 Å². The molecule has 0 saturated heterocycles. The van der Waals surface area contributed by atoms with Crippen LogP contribution in [0, 0.1) is 5.92 Å². The molecule has 0 N–H and O–H groups in total. The Morgan fingerprint density at radius 3 is 2.47 bits per heavy atom. The second-order valence-corrected chi connectivity index (χ2v) is 4.35. The fraction of sp³-hybridized carbons (Fsp3) is 0.923.